The third-order valence-electron chi connectivity index (χ3n) is 4.42. The van der Waals surface area contributed by atoms with Crippen molar-refractivity contribution in [3.05, 3.63) is 70.6 Å². The lowest BCUT2D eigenvalue weighted by Gasteiger charge is -2.10. The first-order valence-electron chi connectivity index (χ1n) is 9.29. The van der Waals surface area contributed by atoms with Crippen LogP contribution >= 0.6 is 11.3 Å². The van der Waals surface area contributed by atoms with Crippen molar-refractivity contribution >= 4 is 28.0 Å². The number of para-hydroxylation sites is 2. The lowest BCUT2D eigenvalue weighted by atomic mass is 10.2. The summed E-state index contributed by atoms with van der Waals surface area (Å²) in [6, 6.07) is 15.4. The molecule has 4 rings (SSSR count). The lowest BCUT2D eigenvalue weighted by Crippen LogP contribution is -2.29. The maximum atomic E-state index is 12.5. The number of rotatable bonds is 6. The van der Waals surface area contributed by atoms with Crippen LogP contribution in [0.15, 0.2) is 59.4 Å². The van der Waals surface area contributed by atoms with E-state index < -0.39 is 6.03 Å². The number of benzene rings is 2. The van der Waals surface area contributed by atoms with Gasteiger partial charge < -0.3 is 20.1 Å². The normalized spacial score (nSPS) is 10.6. The van der Waals surface area contributed by atoms with Crippen LogP contribution in [-0.4, -0.2) is 34.8 Å². The van der Waals surface area contributed by atoms with E-state index in [1.54, 1.807) is 25.3 Å². The number of anilines is 1. The van der Waals surface area contributed by atoms with E-state index in [0.717, 1.165) is 11.3 Å². The monoisotopic (exact) mass is 437 g/mol. The molecule has 0 aliphatic heterocycles. The molecule has 0 aliphatic carbocycles. The molecule has 2 heterocycles. The summed E-state index contributed by atoms with van der Waals surface area (Å²) in [7, 11) is 3.13. The summed E-state index contributed by atoms with van der Waals surface area (Å²) in [5, 5.41) is 10.4. The number of hydrogen-bond acceptors (Lipinski definition) is 7. The molecule has 9 nitrogen and oxygen atoms in total. The van der Waals surface area contributed by atoms with Gasteiger partial charge >= 0.3 is 6.03 Å². The summed E-state index contributed by atoms with van der Waals surface area (Å²) in [5.74, 6) is 1.28. The van der Waals surface area contributed by atoms with E-state index in [0.29, 0.717) is 27.1 Å². The fourth-order valence-corrected chi connectivity index (χ4v) is 3.81. The Labute approximate surface area is 181 Å². The van der Waals surface area contributed by atoms with Gasteiger partial charge in [-0.05, 0) is 36.4 Å². The quantitative estimate of drug-likeness (QED) is 0.480. The number of nitrogens with one attached hydrogen (secondary N) is 2. The molecule has 0 saturated heterocycles. The molecule has 0 radical (unpaired) electrons. The Morgan fingerprint density at radius 2 is 1.87 bits per heavy atom. The average Bonchev–Trinajstić information content (AvgIpc) is 3.23. The van der Waals surface area contributed by atoms with Crippen LogP contribution in [0.4, 0.5) is 10.5 Å². The van der Waals surface area contributed by atoms with Crippen molar-refractivity contribution < 1.29 is 14.3 Å². The minimum absolute atomic E-state index is 0.0858. The fourth-order valence-electron chi connectivity index (χ4n) is 2.88. The van der Waals surface area contributed by atoms with E-state index in [1.807, 2.05) is 30.3 Å². The van der Waals surface area contributed by atoms with Crippen LogP contribution in [0.1, 0.15) is 5.69 Å². The molecule has 0 saturated carbocycles. The van der Waals surface area contributed by atoms with E-state index >= 15 is 0 Å². The number of urea groups is 1. The van der Waals surface area contributed by atoms with Crippen LogP contribution in [-0.2, 0) is 6.54 Å². The van der Waals surface area contributed by atoms with Gasteiger partial charge in [-0.1, -0.05) is 23.5 Å². The highest BCUT2D eigenvalue weighted by molar-refractivity contribution is 7.19. The Morgan fingerprint density at radius 1 is 1.10 bits per heavy atom. The highest BCUT2D eigenvalue weighted by atomic mass is 32.1. The van der Waals surface area contributed by atoms with Crippen molar-refractivity contribution in [2.45, 2.75) is 6.54 Å². The van der Waals surface area contributed by atoms with Crippen LogP contribution in [0.5, 0.6) is 11.5 Å². The van der Waals surface area contributed by atoms with Gasteiger partial charge in [0, 0.05) is 11.6 Å². The zero-order valence-electron chi connectivity index (χ0n) is 16.8. The van der Waals surface area contributed by atoms with E-state index in [2.05, 4.69) is 20.7 Å². The number of carbonyl (C=O) groups excluding carboxylic acids is 1. The van der Waals surface area contributed by atoms with Gasteiger partial charge in [-0.2, -0.15) is 9.61 Å². The maximum Gasteiger partial charge on any atom is 0.319 e. The Bertz CT molecular complexity index is 1280. The molecule has 31 heavy (non-hydrogen) atoms. The minimum atomic E-state index is -0.435. The van der Waals surface area contributed by atoms with Gasteiger partial charge in [-0.3, -0.25) is 4.79 Å². The number of carbonyl (C=O) groups is 1. The third-order valence-corrected chi connectivity index (χ3v) is 5.38. The first-order valence-corrected chi connectivity index (χ1v) is 10.1. The van der Waals surface area contributed by atoms with E-state index in [-0.39, 0.29) is 12.1 Å². The number of fused-ring (bicyclic) bond motifs is 1. The summed E-state index contributed by atoms with van der Waals surface area (Å²) < 4.78 is 11.6. The van der Waals surface area contributed by atoms with Crippen LogP contribution in [0.2, 0.25) is 0 Å². The first kappa shape index (κ1) is 20.4. The zero-order chi connectivity index (χ0) is 21.8. The number of amides is 2. The highest BCUT2D eigenvalue weighted by Gasteiger charge is 2.12. The predicted molar refractivity (Wildman–Crippen MR) is 118 cm³/mol. The third kappa shape index (κ3) is 4.48. The summed E-state index contributed by atoms with van der Waals surface area (Å²) in [4.78, 5) is 29.6. The van der Waals surface area contributed by atoms with Crippen molar-refractivity contribution in [3.63, 3.8) is 0 Å². The van der Waals surface area contributed by atoms with Gasteiger partial charge in [0.2, 0.25) is 4.96 Å². The topological polar surface area (TPSA) is 107 Å². The molecule has 0 bridgehead atoms. The molecule has 158 valence electrons. The molecule has 0 aliphatic rings. The second kappa shape index (κ2) is 8.84. The predicted octanol–water partition coefficient (Wildman–Crippen LogP) is 3.16. The number of nitrogens with zero attached hydrogens (tertiary/aromatic N) is 3. The van der Waals surface area contributed by atoms with Crippen molar-refractivity contribution in [1.82, 2.24) is 19.9 Å². The molecule has 2 amide bonds. The Balaban J connectivity index is 1.49. The van der Waals surface area contributed by atoms with E-state index in [1.165, 1.54) is 29.0 Å². The molecule has 2 aromatic carbocycles. The molecule has 0 fully saturated rings. The maximum absolute atomic E-state index is 12.5. The number of hydrogen-bond donors (Lipinski definition) is 2. The minimum Gasteiger partial charge on any atom is -0.497 e. The van der Waals surface area contributed by atoms with Crippen molar-refractivity contribution in [1.29, 1.82) is 0 Å². The van der Waals surface area contributed by atoms with Gasteiger partial charge in [0.25, 0.3) is 5.56 Å². The summed E-state index contributed by atoms with van der Waals surface area (Å²) in [6.45, 7) is 0.0858. The molecular weight excluding hydrogens is 418 g/mol. The van der Waals surface area contributed by atoms with Crippen LogP contribution in [0.25, 0.3) is 15.5 Å². The molecule has 0 atom stereocenters. The summed E-state index contributed by atoms with van der Waals surface area (Å²) >= 11 is 1.29. The molecule has 0 unspecified atom stereocenters. The van der Waals surface area contributed by atoms with Gasteiger partial charge in [0.1, 0.15) is 16.5 Å². The molecule has 4 aromatic rings. The number of methoxy groups -OCH3 is 2. The Morgan fingerprint density at radius 3 is 2.61 bits per heavy atom. The highest BCUT2D eigenvalue weighted by Crippen LogP contribution is 2.26. The second-order valence-electron chi connectivity index (χ2n) is 6.42. The van der Waals surface area contributed by atoms with Gasteiger partial charge in [-0.15, -0.1) is 0 Å². The van der Waals surface area contributed by atoms with Crippen molar-refractivity contribution in [3.8, 4) is 22.1 Å². The largest absolute Gasteiger partial charge is 0.497 e. The van der Waals surface area contributed by atoms with Gasteiger partial charge in [-0.25, -0.2) is 9.78 Å². The van der Waals surface area contributed by atoms with Crippen LogP contribution < -0.4 is 25.7 Å². The first-order chi connectivity index (χ1) is 15.1. The second-order valence-corrected chi connectivity index (χ2v) is 7.38. The zero-order valence-corrected chi connectivity index (χ0v) is 17.6. The number of aromatic nitrogens is 3. The van der Waals surface area contributed by atoms with E-state index in [4.69, 9.17) is 9.47 Å². The molecular formula is C21H19N5O4S. The van der Waals surface area contributed by atoms with Crippen LogP contribution in [0.3, 0.4) is 0 Å². The molecule has 10 heteroatoms. The average molecular weight is 437 g/mol. The van der Waals surface area contributed by atoms with Crippen LogP contribution in [0, 0.1) is 0 Å². The number of ether oxygens (including phenoxy) is 2. The Kier molecular flexibility index (Phi) is 5.80. The van der Waals surface area contributed by atoms with Gasteiger partial charge in [0.05, 0.1) is 32.1 Å². The molecule has 0 spiro atoms. The standard InChI is InChI=1S/C21H19N5O4S/c1-29-15-9-7-13(8-10-15)19-25-26-18(27)11-14(23-21(26)31-19)12-22-20(28)24-16-5-3-4-6-17(16)30-2/h3-11H,12H2,1-2H3,(H2,22,24,28). The smallest absolute Gasteiger partial charge is 0.319 e. The van der Waals surface area contributed by atoms with Crippen molar-refractivity contribution in [2.75, 3.05) is 19.5 Å². The molecule has 2 aromatic heterocycles. The van der Waals surface area contributed by atoms with E-state index in [9.17, 15) is 9.59 Å². The van der Waals surface area contributed by atoms with Gasteiger partial charge in [0.15, 0.2) is 0 Å². The SMILES string of the molecule is COc1ccc(-c2nn3c(=O)cc(CNC(=O)Nc4ccccc4OC)nc3s2)cc1. The Hall–Kier alpha value is -3.92. The summed E-state index contributed by atoms with van der Waals surface area (Å²) in [6.07, 6.45) is 0. The summed E-state index contributed by atoms with van der Waals surface area (Å²) in [5.41, 5.74) is 1.51. The molecule has 2 N–H and O–H groups in total. The van der Waals surface area contributed by atoms with Crippen molar-refractivity contribution in [2.24, 2.45) is 0 Å². The lowest BCUT2D eigenvalue weighted by molar-refractivity contribution is 0.251. The fraction of sp³-hybridized carbons (Fsp3) is 0.143.